The van der Waals surface area contributed by atoms with Gasteiger partial charge in [0.25, 0.3) is 0 Å². The lowest BCUT2D eigenvalue weighted by Gasteiger charge is -2.39. The Bertz CT molecular complexity index is 387. The Morgan fingerprint density at radius 2 is 1.89 bits per heavy atom. The lowest BCUT2D eigenvalue weighted by molar-refractivity contribution is -0.0805. The first-order valence-electron chi connectivity index (χ1n) is 6.39. The fourth-order valence-electron chi connectivity index (χ4n) is 2.55. The van der Waals surface area contributed by atoms with Gasteiger partial charge in [-0.05, 0) is 19.9 Å². The van der Waals surface area contributed by atoms with Gasteiger partial charge in [-0.25, -0.2) is 0 Å². The molecule has 4 nitrogen and oxygen atoms in total. The largest absolute Gasteiger partial charge is 0.496 e. The first kappa shape index (κ1) is 13.3. The van der Waals surface area contributed by atoms with E-state index in [-0.39, 0.29) is 18.4 Å². The van der Waals surface area contributed by atoms with Crippen LogP contribution < -0.4 is 10.5 Å². The monoisotopic (exact) mass is 250 g/mol. The van der Waals surface area contributed by atoms with Crippen LogP contribution in [0.15, 0.2) is 24.3 Å². The standard InChI is InChI=1S/C14H22N2O2/c1-10-8-16(9-11(2)18-10)14(15)12-6-4-5-7-13(12)17-3/h4-7,10-11,14H,8-9,15H2,1-3H3. The zero-order valence-corrected chi connectivity index (χ0v) is 11.3. The Labute approximate surface area is 109 Å². The third kappa shape index (κ3) is 2.83. The van der Waals surface area contributed by atoms with Gasteiger partial charge >= 0.3 is 0 Å². The second-order valence-electron chi connectivity index (χ2n) is 4.90. The molecule has 3 unspecified atom stereocenters. The van der Waals surface area contributed by atoms with Crippen molar-refractivity contribution >= 4 is 0 Å². The molecule has 0 aliphatic carbocycles. The Hall–Kier alpha value is -1.10. The summed E-state index contributed by atoms with van der Waals surface area (Å²) in [7, 11) is 1.68. The molecule has 0 radical (unpaired) electrons. The number of hydrogen-bond acceptors (Lipinski definition) is 4. The predicted octanol–water partition coefficient (Wildman–Crippen LogP) is 1.76. The van der Waals surface area contributed by atoms with Crippen LogP contribution in [0.3, 0.4) is 0 Å². The van der Waals surface area contributed by atoms with Gasteiger partial charge in [-0.15, -0.1) is 0 Å². The first-order valence-corrected chi connectivity index (χ1v) is 6.39. The molecular formula is C14H22N2O2. The van der Waals surface area contributed by atoms with E-state index in [9.17, 15) is 0 Å². The van der Waals surface area contributed by atoms with Crippen LogP contribution in [0, 0.1) is 0 Å². The minimum Gasteiger partial charge on any atom is -0.496 e. The summed E-state index contributed by atoms with van der Waals surface area (Å²) in [4.78, 5) is 2.25. The average Bonchev–Trinajstić information content (AvgIpc) is 2.36. The van der Waals surface area contributed by atoms with E-state index in [1.807, 2.05) is 24.3 Å². The number of morpholine rings is 1. The molecule has 0 saturated carbocycles. The second-order valence-corrected chi connectivity index (χ2v) is 4.90. The molecule has 4 heteroatoms. The van der Waals surface area contributed by atoms with Crippen LogP contribution in [-0.4, -0.2) is 37.3 Å². The highest BCUT2D eigenvalue weighted by Crippen LogP contribution is 2.27. The third-order valence-electron chi connectivity index (χ3n) is 3.30. The van der Waals surface area contributed by atoms with E-state index in [0.717, 1.165) is 24.4 Å². The number of nitrogens with two attached hydrogens (primary N) is 1. The van der Waals surface area contributed by atoms with Crippen molar-refractivity contribution in [1.82, 2.24) is 4.90 Å². The van der Waals surface area contributed by atoms with E-state index in [4.69, 9.17) is 15.2 Å². The molecule has 1 heterocycles. The van der Waals surface area contributed by atoms with Gasteiger partial charge in [0.15, 0.2) is 0 Å². The van der Waals surface area contributed by atoms with Crippen LogP contribution in [0.4, 0.5) is 0 Å². The third-order valence-corrected chi connectivity index (χ3v) is 3.30. The number of para-hydroxylation sites is 1. The second kappa shape index (κ2) is 5.69. The van der Waals surface area contributed by atoms with Crippen LogP contribution in [-0.2, 0) is 4.74 Å². The maximum Gasteiger partial charge on any atom is 0.124 e. The van der Waals surface area contributed by atoms with Gasteiger partial charge in [0.2, 0.25) is 0 Å². The molecular weight excluding hydrogens is 228 g/mol. The van der Waals surface area contributed by atoms with Crippen molar-refractivity contribution < 1.29 is 9.47 Å². The Morgan fingerprint density at radius 3 is 2.50 bits per heavy atom. The van der Waals surface area contributed by atoms with E-state index >= 15 is 0 Å². The van der Waals surface area contributed by atoms with Crippen molar-refractivity contribution in [2.24, 2.45) is 5.73 Å². The van der Waals surface area contributed by atoms with Gasteiger partial charge in [0.1, 0.15) is 5.75 Å². The van der Waals surface area contributed by atoms with Crippen molar-refractivity contribution in [3.63, 3.8) is 0 Å². The number of hydrogen-bond donors (Lipinski definition) is 1. The summed E-state index contributed by atoms with van der Waals surface area (Å²) in [5.74, 6) is 0.844. The number of rotatable bonds is 3. The van der Waals surface area contributed by atoms with Crippen LogP contribution in [0.2, 0.25) is 0 Å². The van der Waals surface area contributed by atoms with Crippen molar-refractivity contribution in [2.45, 2.75) is 32.2 Å². The zero-order valence-electron chi connectivity index (χ0n) is 11.3. The maximum absolute atomic E-state index is 6.36. The molecule has 18 heavy (non-hydrogen) atoms. The van der Waals surface area contributed by atoms with Crippen LogP contribution in [0.25, 0.3) is 0 Å². The Morgan fingerprint density at radius 1 is 1.28 bits per heavy atom. The van der Waals surface area contributed by atoms with E-state index in [0.29, 0.717) is 0 Å². The van der Waals surface area contributed by atoms with Crippen LogP contribution in [0.5, 0.6) is 5.75 Å². The summed E-state index contributed by atoms with van der Waals surface area (Å²) < 4.78 is 11.1. The van der Waals surface area contributed by atoms with Gasteiger partial charge in [0, 0.05) is 18.7 Å². The molecule has 1 aliphatic rings. The normalized spacial score (nSPS) is 26.9. The molecule has 1 aliphatic heterocycles. The highest BCUT2D eigenvalue weighted by molar-refractivity contribution is 5.35. The van der Waals surface area contributed by atoms with Gasteiger partial charge in [-0.3, -0.25) is 4.90 Å². The highest BCUT2D eigenvalue weighted by atomic mass is 16.5. The van der Waals surface area contributed by atoms with Gasteiger partial charge < -0.3 is 15.2 Å². The van der Waals surface area contributed by atoms with Gasteiger partial charge in [-0.2, -0.15) is 0 Å². The van der Waals surface area contributed by atoms with Crippen molar-refractivity contribution in [2.75, 3.05) is 20.2 Å². The van der Waals surface area contributed by atoms with E-state index < -0.39 is 0 Å². The summed E-state index contributed by atoms with van der Waals surface area (Å²) in [5.41, 5.74) is 7.39. The van der Waals surface area contributed by atoms with Crippen LogP contribution in [0.1, 0.15) is 25.6 Å². The first-order chi connectivity index (χ1) is 8.61. The minimum atomic E-state index is -0.144. The lowest BCUT2D eigenvalue weighted by Crippen LogP contribution is -2.49. The summed E-state index contributed by atoms with van der Waals surface area (Å²) in [6.45, 7) is 5.86. The van der Waals surface area contributed by atoms with Crippen molar-refractivity contribution in [1.29, 1.82) is 0 Å². The molecule has 0 aromatic heterocycles. The Kier molecular flexibility index (Phi) is 4.22. The van der Waals surface area contributed by atoms with Crippen molar-refractivity contribution in [3.8, 4) is 5.75 Å². The fraction of sp³-hybridized carbons (Fsp3) is 0.571. The van der Waals surface area contributed by atoms with E-state index in [2.05, 4.69) is 18.7 Å². The molecule has 0 amide bonds. The molecule has 3 atom stereocenters. The Balaban J connectivity index is 2.17. The molecule has 1 aromatic rings. The number of benzene rings is 1. The maximum atomic E-state index is 6.36. The summed E-state index contributed by atoms with van der Waals surface area (Å²) in [5, 5.41) is 0. The number of nitrogens with zero attached hydrogens (tertiary/aromatic N) is 1. The van der Waals surface area contributed by atoms with Crippen LogP contribution >= 0.6 is 0 Å². The quantitative estimate of drug-likeness (QED) is 0.888. The SMILES string of the molecule is COc1ccccc1C(N)N1CC(C)OC(C)C1. The zero-order chi connectivity index (χ0) is 13.1. The smallest absolute Gasteiger partial charge is 0.124 e. The summed E-state index contributed by atoms with van der Waals surface area (Å²) >= 11 is 0. The van der Waals surface area contributed by atoms with Gasteiger partial charge in [-0.1, -0.05) is 18.2 Å². The summed E-state index contributed by atoms with van der Waals surface area (Å²) in [6, 6.07) is 7.92. The fourth-order valence-corrected chi connectivity index (χ4v) is 2.55. The summed E-state index contributed by atoms with van der Waals surface area (Å²) in [6.07, 6.45) is 0.291. The molecule has 100 valence electrons. The van der Waals surface area contributed by atoms with E-state index in [1.165, 1.54) is 0 Å². The predicted molar refractivity (Wildman–Crippen MR) is 71.5 cm³/mol. The van der Waals surface area contributed by atoms with E-state index in [1.54, 1.807) is 7.11 Å². The molecule has 0 bridgehead atoms. The molecule has 2 N–H and O–H groups in total. The average molecular weight is 250 g/mol. The van der Waals surface area contributed by atoms with Gasteiger partial charge in [0.05, 0.1) is 25.5 Å². The topological polar surface area (TPSA) is 47.7 Å². The number of ether oxygens (including phenoxy) is 2. The molecule has 1 aromatic carbocycles. The highest BCUT2D eigenvalue weighted by Gasteiger charge is 2.27. The molecule has 1 fully saturated rings. The van der Waals surface area contributed by atoms with Crippen molar-refractivity contribution in [3.05, 3.63) is 29.8 Å². The number of methoxy groups -OCH3 is 1. The molecule has 0 spiro atoms. The minimum absolute atomic E-state index is 0.144. The molecule has 2 rings (SSSR count). The molecule has 1 saturated heterocycles. The lowest BCUT2D eigenvalue weighted by atomic mass is 10.1.